The molecule has 0 saturated carbocycles. The molecule has 216 valence electrons. The quantitative estimate of drug-likeness (QED) is 0.257. The second-order valence-electron chi connectivity index (χ2n) is 11.8. The van der Waals surface area contributed by atoms with Gasteiger partial charge in [-0.15, -0.1) is 0 Å². The maximum Gasteiger partial charge on any atom is 0.292 e. The largest absolute Gasteiger partial charge is 0.415 e. The number of ether oxygens (including phenoxy) is 1. The fourth-order valence-electron chi connectivity index (χ4n) is 4.37. The van der Waals surface area contributed by atoms with Crippen LogP contribution in [-0.2, 0) is 9.16 Å². The van der Waals surface area contributed by atoms with Crippen LogP contribution in [-0.4, -0.2) is 51.0 Å². The number of hydrogen-bond acceptors (Lipinski definition) is 6. The van der Waals surface area contributed by atoms with Crippen LogP contribution < -0.4 is 15.8 Å². The molecule has 1 aliphatic rings. The number of anilines is 3. The third-order valence-corrected chi connectivity index (χ3v) is 12.8. The highest BCUT2D eigenvalue weighted by Gasteiger charge is 2.37. The van der Waals surface area contributed by atoms with Gasteiger partial charge in [0.25, 0.3) is 5.56 Å². The Morgan fingerprint density at radius 3 is 2.40 bits per heavy atom. The molecule has 10 heteroatoms. The normalized spacial score (nSPS) is 16.1. The van der Waals surface area contributed by atoms with E-state index in [1.807, 2.05) is 24.3 Å². The van der Waals surface area contributed by atoms with Crippen LogP contribution in [0.1, 0.15) is 33.6 Å². The number of hydrogen-bond donors (Lipinski definition) is 1. The molecule has 0 spiro atoms. The molecule has 1 saturated heterocycles. The topological polar surface area (TPSA) is 68.6 Å². The second-order valence-corrected chi connectivity index (χ2v) is 17.0. The van der Waals surface area contributed by atoms with E-state index in [2.05, 4.69) is 49.2 Å². The monoisotopic (exact) mass is 586 g/mol. The summed E-state index contributed by atoms with van der Waals surface area (Å²) in [6, 6.07) is 13.9. The number of benzene rings is 2. The Morgan fingerprint density at radius 2 is 1.80 bits per heavy atom. The van der Waals surface area contributed by atoms with Crippen LogP contribution in [0.4, 0.5) is 21.5 Å². The highest BCUT2D eigenvalue weighted by molar-refractivity contribution is 6.74. The summed E-state index contributed by atoms with van der Waals surface area (Å²) in [6.45, 7) is 14.4. The van der Waals surface area contributed by atoms with Crippen molar-refractivity contribution in [1.82, 2.24) is 9.78 Å². The van der Waals surface area contributed by atoms with Gasteiger partial charge in [-0.3, -0.25) is 4.79 Å². The highest BCUT2D eigenvalue weighted by atomic mass is 35.5. The van der Waals surface area contributed by atoms with E-state index in [0.717, 1.165) is 30.8 Å². The first-order valence-electron chi connectivity index (χ1n) is 13.8. The van der Waals surface area contributed by atoms with Crippen molar-refractivity contribution in [2.24, 2.45) is 5.92 Å². The molecule has 1 atom stereocenters. The molecule has 4 rings (SSSR count). The van der Waals surface area contributed by atoms with Crippen molar-refractivity contribution in [1.29, 1.82) is 0 Å². The van der Waals surface area contributed by atoms with E-state index in [1.54, 1.807) is 18.3 Å². The van der Waals surface area contributed by atoms with Crippen LogP contribution in [0, 0.1) is 11.7 Å². The first kappa shape index (κ1) is 30.2. The van der Waals surface area contributed by atoms with Gasteiger partial charge in [0.05, 0.1) is 30.8 Å². The Morgan fingerprint density at radius 1 is 1.15 bits per heavy atom. The lowest BCUT2D eigenvalue weighted by Crippen LogP contribution is -2.42. The molecule has 0 aliphatic carbocycles. The number of rotatable bonds is 10. The number of aromatic nitrogens is 2. The molecule has 1 aromatic heterocycles. The van der Waals surface area contributed by atoms with E-state index in [-0.39, 0.29) is 15.9 Å². The Kier molecular flexibility index (Phi) is 9.71. The molecule has 1 unspecified atom stereocenters. The summed E-state index contributed by atoms with van der Waals surface area (Å²) < 4.78 is 26.9. The Hall–Kier alpha value is -2.72. The first-order chi connectivity index (χ1) is 19.0. The smallest absolute Gasteiger partial charge is 0.292 e. The zero-order valence-corrected chi connectivity index (χ0v) is 25.8. The fourth-order valence-corrected chi connectivity index (χ4v) is 5.60. The van der Waals surface area contributed by atoms with Gasteiger partial charge in [-0.05, 0) is 85.4 Å². The molecule has 0 bridgehead atoms. The maximum absolute atomic E-state index is 13.7. The van der Waals surface area contributed by atoms with Gasteiger partial charge >= 0.3 is 0 Å². The van der Waals surface area contributed by atoms with Crippen LogP contribution in [0.25, 0.3) is 5.69 Å². The summed E-state index contributed by atoms with van der Waals surface area (Å²) in [7, 11) is -1.93. The Bertz CT molecular complexity index is 1320. The summed E-state index contributed by atoms with van der Waals surface area (Å²) in [6.07, 6.45) is 3.71. The van der Waals surface area contributed by atoms with Crippen molar-refractivity contribution in [2.45, 2.75) is 51.7 Å². The molecular formula is C30H40ClFN4O3Si. The van der Waals surface area contributed by atoms with Crippen molar-refractivity contribution in [3.05, 3.63) is 75.9 Å². The maximum atomic E-state index is 13.7. The summed E-state index contributed by atoms with van der Waals surface area (Å²) in [5.74, 6) is 0.0973. The minimum Gasteiger partial charge on any atom is -0.415 e. The van der Waals surface area contributed by atoms with Gasteiger partial charge in [-0.25, -0.2) is 4.39 Å². The van der Waals surface area contributed by atoms with Gasteiger partial charge < -0.3 is 19.4 Å². The molecule has 3 aromatic rings. The molecule has 2 aromatic carbocycles. The van der Waals surface area contributed by atoms with E-state index < -0.39 is 13.9 Å². The Balaban J connectivity index is 1.51. The van der Waals surface area contributed by atoms with Gasteiger partial charge in [0.15, 0.2) is 8.32 Å². The van der Waals surface area contributed by atoms with Crippen LogP contribution in [0.2, 0.25) is 23.2 Å². The third-order valence-electron chi connectivity index (χ3n) is 7.88. The van der Waals surface area contributed by atoms with E-state index in [9.17, 15) is 9.18 Å². The van der Waals surface area contributed by atoms with Gasteiger partial charge in [0.1, 0.15) is 10.8 Å². The molecule has 2 heterocycles. The highest BCUT2D eigenvalue weighted by Crippen LogP contribution is 2.36. The molecule has 40 heavy (non-hydrogen) atoms. The Labute approximate surface area is 242 Å². The summed E-state index contributed by atoms with van der Waals surface area (Å²) in [5, 5.41) is 7.83. The van der Waals surface area contributed by atoms with Crippen molar-refractivity contribution in [3.63, 3.8) is 0 Å². The van der Waals surface area contributed by atoms with Gasteiger partial charge in [0.2, 0.25) is 0 Å². The molecule has 7 nitrogen and oxygen atoms in total. The SMILES string of the molecule is CC(C)(C)[Si](C)(C)OCCN(c1ccc(F)cc1)c1ccc(-n2ncc(NCC3CCCOC3)c(Cl)c2=O)cc1. The molecule has 0 amide bonds. The van der Waals surface area contributed by atoms with Crippen molar-refractivity contribution < 1.29 is 13.6 Å². The van der Waals surface area contributed by atoms with Gasteiger partial charge in [-0.2, -0.15) is 9.78 Å². The van der Waals surface area contributed by atoms with Crippen molar-refractivity contribution >= 4 is 37.0 Å². The summed E-state index contributed by atoms with van der Waals surface area (Å²) >= 11 is 6.45. The average Bonchev–Trinajstić information content (AvgIpc) is 2.93. The summed E-state index contributed by atoms with van der Waals surface area (Å²) in [5.41, 5.74) is 2.47. The predicted octanol–water partition coefficient (Wildman–Crippen LogP) is 7.02. The second kappa shape index (κ2) is 12.8. The number of halogens is 2. The average molecular weight is 587 g/mol. The van der Waals surface area contributed by atoms with E-state index in [0.29, 0.717) is 43.6 Å². The fraction of sp³-hybridized carbons (Fsp3) is 0.467. The zero-order chi connectivity index (χ0) is 28.9. The first-order valence-corrected chi connectivity index (χ1v) is 17.1. The van der Waals surface area contributed by atoms with E-state index in [1.165, 1.54) is 16.8 Å². The van der Waals surface area contributed by atoms with Crippen molar-refractivity contribution in [3.8, 4) is 5.69 Å². The minimum atomic E-state index is -1.93. The zero-order valence-electron chi connectivity index (χ0n) is 24.0. The third kappa shape index (κ3) is 7.31. The van der Waals surface area contributed by atoms with Crippen molar-refractivity contribution in [2.75, 3.05) is 43.1 Å². The van der Waals surface area contributed by atoms with Crippen LogP contribution in [0.3, 0.4) is 0 Å². The molecule has 0 radical (unpaired) electrons. The standard InChI is InChI=1S/C30H40ClFN4O3Si/c1-30(2,3)40(4,5)39-18-16-35(24-10-8-23(32)9-11-24)25-12-14-26(15-13-25)36-29(37)28(31)27(20-34-36)33-19-22-7-6-17-38-21-22/h8-15,20,22,33H,6-7,16-19,21H2,1-5H3. The molecule has 1 N–H and O–H groups in total. The minimum absolute atomic E-state index is 0.103. The molecule has 1 aliphatic heterocycles. The lowest BCUT2D eigenvalue weighted by Gasteiger charge is -2.37. The van der Waals surface area contributed by atoms with Crippen LogP contribution in [0.15, 0.2) is 59.5 Å². The van der Waals surface area contributed by atoms with Crippen LogP contribution in [0.5, 0.6) is 0 Å². The predicted molar refractivity (Wildman–Crippen MR) is 163 cm³/mol. The lowest BCUT2D eigenvalue weighted by molar-refractivity contribution is 0.0595. The number of nitrogens with zero attached hydrogens (tertiary/aromatic N) is 3. The van der Waals surface area contributed by atoms with E-state index >= 15 is 0 Å². The summed E-state index contributed by atoms with van der Waals surface area (Å²) in [4.78, 5) is 15.2. The van der Waals surface area contributed by atoms with Crippen LogP contribution >= 0.6 is 11.6 Å². The molecule has 1 fully saturated rings. The molecular weight excluding hydrogens is 547 g/mol. The van der Waals surface area contributed by atoms with Gasteiger partial charge in [-0.1, -0.05) is 32.4 Å². The van der Waals surface area contributed by atoms with E-state index in [4.69, 9.17) is 20.8 Å². The number of nitrogens with one attached hydrogen (secondary N) is 1. The lowest BCUT2D eigenvalue weighted by atomic mass is 10.0. The van der Waals surface area contributed by atoms with Gasteiger partial charge in [0, 0.05) is 31.1 Å².